The van der Waals surface area contributed by atoms with Crippen molar-refractivity contribution in [3.63, 3.8) is 0 Å². The topological polar surface area (TPSA) is 125 Å². The van der Waals surface area contributed by atoms with E-state index in [1.807, 2.05) is 12.1 Å². The zero-order valence-electron chi connectivity index (χ0n) is 13.8. The third kappa shape index (κ3) is 3.43. The number of carbonyl (C=O) groups excluding carboxylic acids is 2. The molecule has 0 unspecified atom stereocenters. The molecule has 0 radical (unpaired) electrons. The van der Waals surface area contributed by atoms with Gasteiger partial charge in [0, 0.05) is 11.6 Å². The Morgan fingerprint density at radius 3 is 2.96 bits per heavy atom. The van der Waals surface area contributed by atoms with Gasteiger partial charge in [-0.15, -0.1) is 11.3 Å². The Bertz CT molecular complexity index is 1130. The van der Waals surface area contributed by atoms with Crippen LogP contribution in [0.25, 0.3) is 21.5 Å². The van der Waals surface area contributed by atoms with E-state index < -0.39 is 5.91 Å². The van der Waals surface area contributed by atoms with Crippen LogP contribution >= 0.6 is 11.3 Å². The van der Waals surface area contributed by atoms with Crippen molar-refractivity contribution in [3.05, 3.63) is 53.7 Å². The van der Waals surface area contributed by atoms with Crippen LogP contribution in [0.4, 0.5) is 5.69 Å². The molecule has 0 spiro atoms. The maximum atomic E-state index is 12.3. The van der Waals surface area contributed by atoms with E-state index in [1.165, 1.54) is 16.0 Å². The number of para-hydroxylation sites is 1. The Morgan fingerprint density at radius 2 is 2.11 bits per heavy atom. The first-order valence-electron chi connectivity index (χ1n) is 7.94. The summed E-state index contributed by atoms with van der Waals surface area (Å²) in [6, 6.07) is 10.6. The molecule has 0 aliphatic carbocycles. The van der Waals surface area contributed by atoms with Crippen LogP contribution < -0.4 is 10.8 Å². The highest BCUT2D eigenvalue weighted by Gasteiger charge is 2.13. The monoisotopic (exact) mass is 382 g/mol. The molecule has 0 saturated carbocycles. The standard InChI is InChI=1S/C17H14N6O3S/c24-15(19-12-3-1-2-10-8-18-20-16(10)12)9-23-7-6-11(21-23)13-4-5-14(27-13)17(25)22-26/h1-8,26H,9H2,(H,18,20)(H,19,24)(H,22,25). The van der Waals surface area contributed by atoms with Gasteiger partial charge in [-0.1, -0.05) is 12.1 Å². The van der Waals surface area contributed by atoms with E-state index >= 15 is 0 Å². The van der Waals surface area contributed by atoms with Gasteiger partial charge in [-0.3, -0.25) is 24.6 Å². The minimum atomic E-state index is -0.571. The Morgan fingerprint density at radius 1 is 1.22 bits per heavy atom. The number of hydrogen-bond donors (Lipinski definition) is 4. The SMILES string of the molecule is O=C(Cn1ccc(-c2ccc(C(=O)NO)s2)n1)Nc1cccc2cn[nH]c12. The predicted octanol–water partition coefficient (Wildman–Crippen LogP) is 2.25. The van der Waals surface area contributed by atoms with Gasteiger partial charge < -0.3 is 5.32 Å². The van der Waals surface area contributed by atoms with Gasteiger partial charge in [-0.2, -0.15) is 10.2 Å². The van der Waals surface area contributed by atoms with Gasteiger partial charge >= 0.3 is 0 Å². The number of aromatic amines is 1. The number of nitrogens with zero attached hydrogens (tertiary/aromatic N) is 3. The van der Waals surface area contributed by atoms with Gasteiger partial charge in [-0.05, 0) is 24.3 Å². The van der Waals surface area contributed by atoms with Crippen LogP contribution in [0.1, 0.15) is 9.67 Å². The quantitative estimate of drug-likeness (QED) is 0.311. The molecule has 3 heterocycles. The summed E-state index contributed by atoms with van der Waals surface area (Å²) >= 11 is 1.20. The van der Waals surface area contributed by atoms with Crippen LogP contribution in [-0.4, -0.2) is 37.0 Å². The molecule has 4 rings (SSSR count). The molecule has 136 valence electrons. The van der Waals surface area contributed by atoms with Crippen LogP contribution in [0.3, 0.4) is 0 Å². The summed E-state index contributed by atoms with van der Waals surface area (Å²) in [5.41, 5.74) is 3.65. The summed E-state index contributed by atoms with van der Waals surface area (Å²) in [5.74, 6) is -0.795. The number of nitrogens with one attached hydrogen (secondary N) is 3. The zero-order valence-corrected chi connectivity index (χ0v) is 14.7. The number of carbonyl (C=O) groups is 2. The fourth-order valence-corrected chi connectivity index (χ4v) is 3.50. The minimum absolute atomic E-state index is 0.0416. The van der Waals surface area contributed by atoms with Gasteiger partial charge in [-0.25, -0.2) is 5.48 Å². The second-order valence-corrected chi connectivity index (χ2v) is 6.78. The number of H-pyrrole nitrogens is 1. The highest BCUT2D eigenvalue weighted by Crippen LogP contribution is 2.26. The molecular weight excluding hydrogens is 368 g/mol. The average molecular weight is 382 g/mol. The molecule has 1 aromatic carbocycles. The third-order valence-electron chi connectivity index (χ3n) is 3.88. The van der Waals surface area contributed by atoms with Crippen molar-refractivity contribution in [2.24, 2.45) is 0 Å². The van der Waals surface area contributed by atoms with E-state index in [4.69, 9.17) is 5.21 Å². The molecule has 0 aliphatic heterocycles. The molecule has 0 saturated heterocycles. The van der Waals surface area contributed by atoms with Gasteiger partial charge in [0.05, 0.1) is 27.2 Å². The van der Waals surface area contributed by atoms with Crippen LogP contribution in [0.15, 0.2) is 48.8 Å². The fourth-order valence-electron chi connectivity index (χ4n) is 2.64. The van der Waals surface area contributed by atoms with Crippen molar-refractivity contribution >= 4 is 39.7 Å². The van der Waals surface area contributed by atoms with Gasteiger partial charge in [0.15, 0.2) is 0 Å². The maximum absolute atomic E-state index is 12.3. The number of fused-ring (bicyclic) bond motifs is 1. The summed E-state index contributed by atoms with van der Waals surface area (Å²) in [6.45, 7) is 0.0416. The number of hydroxylamine groups is 1. The lowest BCUT2D eigenvalue weighted by Crippen LogP contribution is -2.19. The van der Waals surface area contributed by atoms with Crippen LogP contribution in [0.2, 0.25) is 0 Å². The molecule has 4 aromatic rings. The average Bonchev–Trinajstić information content (AvgIpc) is 3.40. The normalized spacial score (nSPS) is 10.9. The molecule has 27 heavy (non-hydrogen) atoms. The Kier molecular flexibility index (Phi) is 4.40. The van der Waals surface area contributed by atoms with Crippen LogP contribution in [0.5, 0.6) is 0 Å². The number of amides is 2. The summed E-state index contributed by atoms with van der Waals surface area (Å²) < 4.78 is 1.52. The summed E-state index contributed by atoms with van der Waals surface area (Å²) in [5, 5.41) is 23.6. The van der Waals surface area contributed by atoms with E-state index in [-0.39, 0.29) is 12.5 Å². The molecule has 4 N–H and O–H groups in total. The van der Waals surface area contributed by atoms with Crippen LogP contribution in [0, 0.1) is 0 Å². The second kappa shape index (κ2) is 7.02. The van der Waals surface area contributed by atoms with Gasteiger partial charge in [0.25, 0.3) is 5.91 Å². The zero-order chi connectivity index (χ0) is 18.8. The molecule has 0 fully saturated rings. The van der Waals surface area contributed by atoms with E-state index in [0.29, 0.717) is 16.3 Å². The molecule has 9 nitrogen and oxygen atoms in total. The van der Waals surface area contributed by atoms with E-state index in [2.05, 4.69) is 20.6 Å². The largest absolute Gasteiger partial charge is 0.323 e. The highest BCUT2D eigenvalue weighted by molar-refractivity contribution is 7.17. The predicted molar refractivity (Wildman–Crippen MR) is 99.5 cm³/mol. The minimum Gasteiger partial charge on any atom is -0.323 e. The number of benzene rings is 1. The van der Waals surface area contributed by atoms with Crippen molar-refractivity contribution in [2.75, 3.05) is 5.32 Å². The van der Waals surface area contributed by atoms with Crippen LogP contribution in [-0.2, 0) is 11.3 Å². The Balaban J connectivity index is 1.46. The molecule has 10 heteroatoms. The number of anilines is 1. The van der Waals surface area contributed by atoms with Gasteiger partial charge in [0.2, 0.25) is 5.91 Å². The summed E-state index contributed by atoms with van der Waals surface area (Å²) in [6.07, 6.45) is 3.38. The Labute approximate surface area is 156 Å². The molecule has 2 amide bonds. The van der Waals surface area contributed by atoms with E-state index in [1.54, 1.807) is 42.1 Å². The lowest BCUT2D eigenvalue weighted by Gasteiger charge is -2.06. The molecule has 3 aromatic heterocycles. The molecule has 0 aliphatic rings. The van der Waals surface area contributed by atoms with Crippen molar-refractivity contribution in [3.8, 4) is 10.6 Å². The first-order chi connectivity index (χ1) is 13.1. The van der Waals surface area contributed by atoms with Gasteiger partial charge in [0.1, 0.15) is 12.2 Å². The fraction of sp³-hybridized carbons (Fsp3) is 0.0588. The number of hydrogen-bond acceptors (Lipinski definition) is 6. The smallest absolute Gasteiger partial charge is 0.284 e. The molecule has 0 bridgehead atoms. The highest BCUT2D eigenvalue weighted by atomic mass is 32.1. The van der Waals surface area contributed by atoms with Crippen molar-refractivity contribution in [1.82, 2.24) is 25.5 Å². The van der Waals surface area contributed by atoms with Crippen molar-refractivity contribution in [2.45, 2.75) is 6.54 Å². The summed E-state index contributed by atoms with van der Waals surface area (Å²) in [7, 11) is 0. The second-order valence-electron chi connectivity index (χ2n) is 5.69. The molecular formula is C17H14N6O3S. The first kappa shape index (κ1) is 16.9. The lowest BCUT2D eigenvalue weighted by atomic mass is 10.2. The van der Waals surface area contributed by atoms with E-state index in [0.717, 1.165) is 15.8 Å². The summed E-state index contributed by atoms with van der Waals surface area (Å²) in [4.78, 5) is 24.9. The number of aromatic nitrogens is 4. The number of thiophene rings is 1. The molecule has 0 atom stereocenters. The number of rotatable bonds is 5. The maximum Gasteiger partial charge on any atom is 0.284 e. The van der Waals surface area contributed by atoms with E-state index in [9.17, 15) is 9.59 Å². The van der Waals surface area contributed by atoms with Crippen molar-refractivity contribution in [1.29, 1.82) is 0 Å². The van der Waals surface area contributed by atoms with Crippen molar-refractivity contribution < 1.29 is 14.8 Å². The Hall–Kier alpha value is -3.50. The first-order valence-corrected chi connectivity index (χ1v) is 8.76. The third-order valence-corrected chi connectivity index (χ3v) is 4.99. The lowest BCUT2D eigenvalue weighted by molar-refractivity contribution is -0.116.